The van der Waals surface area contributed by atoms with E-state index in [0.717, 1.165) is 44.7 Å². The highest BCUT2D eigenvalue weighted by atomic mass is 127. The third-order valence-electron chi connectivity index (χ3n) is 3.43. The second kappa shape index (κ2) is 12.6. The van der Waals surface area contributed by atoms with E-state index < -0.39 is 0 Å². The summed E-state index contributed by atoms with van der Waals surface area (Å²) in [7, 11) is 1.80. The molecule has 0 spiro atoms. The lowest BCUT2D eigenvalue weighted by Crippen LogP contribution is -2.44. The molecule has 120 valence electrons. The Morgan fingerprint density at radius 2 is 2.10 bits per heavy atom. The van der Waals surface area contributed by atoms with Crippen LogP contribution in [0.3, 0.4) is 0 Å². The lowest BCUT2D eigenvalue weighted by molar-refractivity contribution is 0.152. The summed E-state index contributed by atoms with van der Waals surface area (Å²) in [6, 6.07) is 0. The molecule has 0 saturated carbocycles. The smallest absolute Gasteiger partial charge is 0.191 e. The van der Waals surface area contributed by atoms with Crippen LogP contribution in [-0.2, 0) is 4.74 Å². The van der Waals surface area contributed by atoms with Crippen molar-refractivity contribution in [2.75, 3.05) is 53.0 Å². The summed E-state index contributed by atoms with van der Waals surface area (Å²) >= 11 is 0. The molecule has 1 fully saturated rings. The summed E-state index contributed by atoms with van der Waals surface area (Å²) in [6.45, 7) is 11.1. The van der Waals surface area contributed by atoms with Crippen molar-refractivity contribution >= 4 is 29.9 Å². The summed E-state index contributed by atoms with van der Waals surface area (Å²) in [5.74, 6) is 1.71. The second-order valence-corrected chi connectivity index (χ2v) is 5.17. The molecule has 1 aliphatic rings. The Labute approximate surface area is 140 Å². The molecule has 0 aliphatic carbocycles. The Morgan fingerprint density at radius 1 is 1.35 bits per heavy atom. The van der Waals surface area contributed by atoms with E-state index in [2.05, 4.69) is 27.4 Å². The molecule has 0 radical (unpaired) electrons. The summed E-state index contributed by atoms with van der Waals surface area (Å²) in [4.78, 5) is 6.74. The van der Waals surface area contributed by atoms with Crippen LogP contribution in [0.5, 0.6) is 0 Å². The summed E-state index contributed by atoms with van der Waals surface area (Å²) < 4.78 is 5.29. The highest BCUT2D eigenvalue weighted by Crippen LogP contribution is 2.14. The van der Waals surface area contributed by atoms with Gasteiger partial charge in [-0.1, -0.05) is 6.92 Å². The van der Waals surface area contributed by atoms with E-state index in [0.29, 0.717) is 0 Å². The number of hydrogen-bond donors (Lipinski definition) is 2. The second-order valence-electron chi connectivity index (χ2n) is 5.17. The molecule has 1 atom stereocenters. The largest absolute Gasteiger partial charge is 0.380 e. The molecule has 20 heavy (non-hydrogen) atoms. The zero-order chi connectivity index (χ0) is 13.9. The van der Waals surface area contributed by atoms with Gasteiger partial charge in [-0.05, 0) is 32.2 Å². The van der Waals surface area contributed by atoms with Crippen LogP contribution in [0, 0.1) is 5.92 Å². The molecule has 0 amide bonds. The van der Waals surface area contributed by atoms with Gasteiger partial charge in [0.1, 0.15) is 0 Å². The molecule has 1 unspecified atom stereocenters. The summed E-state index contributed by atoms with van der Waals surface area (Å²) in [5, 5.41) is 6.60. The first-order valence-corrected chi connectivity index (χ1v) is 7.50. The van der Waals surface area contributed by atoms with Crippen molar-refractivity contribution in [2.24, 2.45) is 10.9 Å². The van der Waals surface area contributed by atoms with E-state index in [-0.39, 0.29) is 24.0 Å². The molecular weight excluding hydrogens is 367 g/mol. The quantitative estimate of drug-likeness (QED) is 0.296. The molecule has 0 aromatic heterocycles. The van der Waals surface area contributed by atoms with E-state index in [1.807, 2.05) is 6.92 Å². The minimum absolute atomic E-state index is 0. The van der Waals surface area contributed by atoms with Crippen LogP contribution in [0.4, 0.5) is 0 Å². The van der Waals surface area contributed by atoms with Gasteiger partial charge >= 0.3 is 0 Å². The average Bonchev–Trinajstić information content (AvgIpc) is 2.41. The zero-order valence-electron chi connectivity index (χ0n) is 13.2. The van der Waals surface area contributed by atoms with E-state index in [4.69, 9.17) is 4.74 Å². The van der Waals surface area contributed by atoms with Gasteiger partial charge < -0.3 is 20.3 Å². The minimum Gasteiger partial charge on any atom is -0.380 e. The molecule has 0 bridgehead atoms. The van der Waals surface area contributed by atoms with E-state index in [1.54, 1.807) is 7.05 Å². The number of piperidine rings is 1. The van der Waals surface area contributed by atoms with Gasteiger partial charge in [0.2, 0.25) is 0 Å². The van der Waals surface area contributed by atoms with Crippen molar-refractivity contribution in [1.29, 1.82) is 0 Å². The molecule has 2 N–H and O–H groups in total. The van der Waals surface area contributed by atoms with E-state index in [1.165, 1.54) is 25.9 Å². The van der Waals surface area contributed by atoms with Gasteiger partial charge in [0.15, 0.2) is 5.96 Å². The maximum Gasteiger partial charge on any atom is 0.191 e. The Morgan fingerprint density at radius 3 is 2.75 bits per heavy atom. The van der Waals surface area contributed by atoms with Crippen molar-refractivity contribution in [3.8, 4) is 0 Å². The predicted molar refractivity (Wildman–Crippen MR) is 96.1 cm³/mol. The number of guanidine groups is 1. The third-order valence-corrected chi connectivity index (χ3v) is 3.43. The van der Waals surface area contributed by atoms with Crippen LogP contribution in [0.15, 0.2) is 4.99 Å². The molecule has 1 saturated heterocycles. The van der Waals surface area contributed by atoms with Gasteiger partial charge in [0.05, 0.1) is 6.61 Å². The van der Waals surface area contributed by atoms with Gasteiger partial charge in [0, 0.05) is 39.8 Å². The van der Waals surface area contributed by atoms with Crippen molar-refractivity contribution < 1.29 is 4.74 Å². The fourth-order valence-corrected chi connectivity index (χ4v) is 2.43. The standard InChI is InChI=1S/C14H30N4O.HI/c1-4-19-11-8-17-14(15-3)16-7-10-18-9-5-6-13(2)12-18;/h13H,4-12H2,1-3H3,(H2,15,16,17);1H. The molecule has 1 heterocycles. The molecule has 1 aliphatic heterocycles. The van der Waals surface area contributed by atoms with Crippen molar-refractivity contribution in [2.45, 2.75) is 26.7 Å². The normalized spacial score (nSPS) is 20.4. The van der Waals surface area contributed by atoms with Gasteiger partial charge in [-0.2, -0.15) is 0 Å². The number of hydrogen-bond acceptors (Lipinski definition) is 3. The van der Waals surface area contributed by atoms with Gasteiger partial charge in [-0.15, -0.1) is 24.0 Å². The Balaban J connectivity index is 0.00000361. The molecular formula is C14H31IN4O. The third kappa shape index (κ3) is 8.97. The monoisotopic (exact) mass is 398 g/mol. The zero-order valence-corrected chi connectivity index (χ0v) is 15.5. The maximum atomic E-state index is 5.29. The van der Waals surface area contributed by atoms with Crippen LogP contribution in [0.25, 0.3) is 0 Å². The van der Waals surface area contributed by atoms with Crippen molar-refractivity contribution in [1.82, 2.24) is 15.5 Å². The fraction of sp³-hybridized carbons (Fsp3) is 0.929. The van der Waals surface area contributed by atoms with Crippen LogP contribution in [0.1, 0.15) is 26.7 Å². The SMILES string of the molecule is CCOCCNC(=NC)NCCN1CCCC(C)C1.I. The number of likely N-dealkylation sites (tertiary alicyclic amines) is 1. The molecule has 0 aromatic rings. The number of rotatable bonds is 7. The molecule has 1 rings (SSSR count). The highest BCUT2D eigenvalue weighted by Gasteiger charge is 2.15. The summed E-state index contributed by atoms with van der Waals surface area (Å²) in [6.07, 6.45) is 2.72. The summed E-state index contributed by atoms with van der Waals surface area (Å²) in [5.41, 5.74) is 0. The van der Waals surface area contributed by atoms with Crippen molar-refractivity contribution in [3.05, 3.63) is 0 Å². The fourth-order valence-electron chi connectivity index (χ4n) is 2.43. The van der Waals surface area contributed by atoms with Crippen molar-refractivity contribution in [3.63, 3.8) is 0 Å². The topological polar surface area (TPSA) is 48.9 Å². The predicted octanol–water partition coefficient (Wildman–Crippen LogP) is 1.54. The highest BCUT2D eigenvalue weighted by molar-refractivity contribution is 14.0. The number of nitrogens with one attached hydrogen (secondary N) is 2. The lowest BCUT2D eigenvalue weighted by atomic mass is 10.0. The molecule has 6 heteroatoms. The number of halogens is 1. The van der Waals surface area contributed by atoms with Gasteiger partial charge in [0.25, 0.3) is 0 Å². The van der Waals surface area contributed by atoms with Gasteiger partial charge in [-0.3, -0.25) is 4.99 Å². The average molecular weight is 398 g/mol. The molecule has 0 aromatic carbocycles. The first-order chi connectivity index (χ1) is 9.26. The first kappa shape index (κ1) is 19.9. The number of ether oxygens (including phenoxy) is 1. The lowest BCUT2D eigenvalue weighted by Gasteiger charge is -2.30. The Hall–Kier alpha value is -0.0800. The van der Waals surface area contributed by atoms with Crippen LogP contribution < -0.4 is 10.6 Å². The Kier molecular flexibility index (Phi) is 12.6. The van der Waals surface area contributed by atoms with Crippen LogP contribution in [0.2, 0.25) is 0 Å². The Bertz CT molecular complexity index is 264. The maximum absolute atomic E-state index is 5.29. The van der Waals surface area contributed by atoms with Crippen LogP contribution >= 0.6 is 24.0 Å². The van der Waals surface area contributed by atoms with E-state index in [9.17, 15) is 0 Å². The van der Waals surface area contributed by atoms with E-state index >= 15 is 0 Å². The van der Waals surface area contributed by atoms with Gasteiger partial charge in [-0.25, -0.2) is 0 Å². The number of aliphatic imine (C=N–C) groups is 1. The molecule has 5 nitrogen and oxygen atoms in total. The van der Waals surface area contributed by atoms with Crippen LogP contribution in [-0.4, -0.2) is 63.8 Å². The number of nitrogens with zero attached hydrogens (tertiary/aromatic N) is 2. The minimum atomic E-state index is 0. The first-order valence-electron chi connectivity index (χ1n) is 7.50.